The zero-order valence-corrected chi connectivity index (χ0v) is 10.8. The van der Waals surface area contributed by atoms with Gasteiger partial charge in [-0.3, -0.25) is 9.48 Å². The minimum atomic E-state index is -0.594. The molecule has 1 aromatic heterocycles. The number of esters is 1. The van der Waals surface area contributed by atoms with E-state index in [1.165, 1.54) is 4.68 Å². The minimum absolute atomic E-state index is 0.0679. The van der Waals surface area contributed by atoms with Crippen molar-refractivity contribution in [3.05, 3.63) is 11.4 Å². The summed E-state index contributed by atoms with van der Waals surface area (Å²) in [4.78, 5) is 22.7. The molecule has 7 heteroatoms. The maximum Gasteiger partial charge on any atom is 0.358 e. The smallest absolute Gasteiger partial charge is 0.358 e. The number of aryl methyl sites for hydroxylation is 2. The van der Waals surface area contributed by atoms with Gasteiger partial charge in [0.05, 0.1) is 17.3 Å². The first-order valence-electron chi connectivity index (χ1n) is 5.67. The summed E-state index contributed by atoms with van der Waals surface area (Å²) in [5.41, 5.74) is 11.9. The van der Waals surface area contributed by atoms with E-state index in [1.54, 1.807) is 13.8 Å². The van der Waals surface area contributed by atoms with Crippen LogP contribution in [0.25, 0.3) is 0 Å². The monoisotopic (exact) mass is 254 g/mol. The van der Waals surface area contributed by atoms with Crippen LogP contribution in [0, 0.1) is 12.8 Å². The van der Waals surface area contributed by atoms with Crippen LogP contribution in [0.2, 0.25) is 0 Å². The van der Waals surface area contributed by atoms with Crippen molar-refractivity contribution in [2.24, 2.45) is 11.7 Å². The summed E-state index contributed by atoms with van der Waals surface area (Å²) in [5, 5.41) is 4.11. The van der Waals surface area contributed by atoms with Gasteiger partial charge in [-0.1, -0.05) is 6.92 Å². The molecule has 1 aromatic rings. The Morgan fingerprint density at radius 2 is 2.11 bits per heavy atom. The van der Waals surface area contributed by atoms with Crippen LogP contribution in [0.4, 0.5) is 5.69 Å². The Labute approximate surface area is 105 Å². The molecular formula is C11H18N4O3. The average molecular weight is 254 g/mol. The number of carbonyl (C=O) groups excluding carboxylic acids is 2. The van der Waals surface area contributed by atoms with Crippen molar-refractivity contribution in [3.8, 4) is 0 Å². The lowest BCUT2D eigenvalue weighted by Gasteiger charge is -2.09. The number of hydrogen-bond donors (Lipinski definition) is 2. The van der Waals surface area contributed by atoms with Crippen LogP contribution < -0.4 is 11.5 Å². The van der Waals surface area contributed by atoms with Gasteiger partial charge in [0.25, 0.3) is 0 Å². The van der Waals surface area contributed by atoms with Crippen molar-refractivity contribution in [3.63, 3.8) is 0 Å². The third-order valence-corrected chi connectivity index (χ3v) is 2.62. The lowest BCUT2D eigenvalue weighted by atomic mass is 10.2. The minimum Gasteiger partial charge on any atom is -0.460 e. The molecule has 1 rings (SSSR count). The van der Waals surface area contributed by atoms with Gasteiger partial charge in [0.15, 0.2) is 5.69 Å². The van der Waals surface area contributed by atoms with Crippen molar-refractivity contribution >= 4 is 17.6 Å². The van der Waals surface area contributed by atoms with Crippen LogP contribution >= 0.6 is 0 Å². The topological polar surface area (TPSA) is 113 Å². The Morgan fingerprint density at radius 1 is 1.50 bits per heavy atom. The fourth-order valence-electron chi connectivity index (χ4n) is 1.39. The molecule has 0 aliphatic carbocycles. The molecule has 18 heavy (non-hydrogen) atoms. The van der Waals surface area contributed by atoms with Crippen LogP contribution in [0.15, 0.2) is 0 Å². The molecule has 100 valence electrons. The lowest BCUT2D eigenvalue weighted by Crippen LogP contribution is -2.26. The van der Waals surface area contributed by atoms with Crippen LogP contribution in [-0.2, 0) is 16.1 Å². The Hall–Kier alpha value is -2.05. The van der Waals surface area contributed by atoms with Crippen molar-refractivity contribution in [1.82, 2.24) is 9.78 Å². The number of carbonyl (C=O) groups is 2. The van der Waals surface area contributed by atoms with E-state index in [4.69, 9.17) is 16.2 Å². The maximum absolute atomic E-state index is 11.9. The molecule has 0 saturated heterocycles. The zero-order chi connectivity index (χ0) is 13.9. The number of primary amides is 1. The first-order valence-corrected chi connectivity index (χ1v) is 5.67. The van der Waals surface area contributed by atoms with E-state index in [2.05, 4.69) is 5.10 Å². The van der Waals surface area contributed by atoms with Gasteiger partial charge in [-0.05, 0) is 13.8 Å². The van der Waals surface area contributed by atoms with Gasteiger partial charge in [-0.2, -0.15) is 5.10 Å². The first-order chi connectivity index (χ1) is 8.38. The highest BCUT2D eigenvalue weighted by Crippen LogP contribution is 2.17. The molecule has 4 N–H and O–H groups in total. The van der Waals surface area contributed by atoms with Crippen LogP contribution in [0.1, 0.15) is 30.0 Å². The summed E-state index contributed by atoms with van der Waals surface area (Å²) in [7, 11) is 0. The van der Waals surface area contributed by atoms with Gasteiger partial charge < -0.3 is 16.2 Å². The highest BCUT2D eigenvalue weighted by atomic mass is 16.5. The normalized spacial score (nSPS) is 12.2. The summed E-state index contributed by atoms with van der Waals surface area (Å²) in [6.07, 6.45) is 0. The van der Waals surface area contributed by atoms with Crippen molar-refractivity contribution < 1.29 is 14.3 Å². The number of nitrogens with zero attached hydrogens (tertiary/aromatic N) is 2. The summed E-state index contributed by atoms with van der Waals surface area (Å²) >= 11 is 0. The number of aromatic nitrogens is 2. The second kappa shape index (κ2) is 5.52. The number of rotatable bonds is 5. The third kappa shape index (κ3) is 2.79. The molecule has 1 unspecified atom stereocenters. The lowest BCUT2D eigenvalue weighted by molar-refractivity contribution is -0.122. The molecule has 0 fully saturated rings. The molecule has 0 aliphatic rings. The Bertz CT molecular complexity index is 467. The third-order valence-electron chi connectivity index (χ3n) is 2.62. The second-order valence-electron chi connectivity index (χ2n) is 4.07. The highest BCUT2D eigenvalue weighted by molar-refractivity contribution is 5.94. The van der Waals surface area contributed by atoms with Crippen LogP contribution in [0.3, 0.4) is 0 Å². The molecule has 0 bridgehead atoms. The number of anilines is 1. The van der Waals surface area contributed by atoms with E-state index >= 15 is 0 Å². The van der Waals surface area contributed by atoms with Gasteiger partial charge >= 0.3 is 5.97 Å². The molecule has 1 amide bonds. The van der Waals surface area contributed by atoms with Crippen molar-refractivity contribution in [2.45, 2.75) is 27.3 Å². The molecule has 1 heterocycles. The average Bonchev–Trinajstić information content (AvgIpc) is 2.61. The predicted molar refractivity (Wildman–Crippen MR) is 65.7 cm³/mol. The van der Waals surface area contributed by atoms with Crippen LogP contribution in [-0.4, -0.2) is 28.3 Å². The van der Waals surface area contributed by atoms with Gasteiger partial charge in [-0.25, -0.2) is 4.79 Å². The fraction of sp³-hybridized carbons (Fsp3) is 0.545. The Morgan fingerprint density at radius 3 is 2.61 bits per heavy atom. The van der Waals surface area contributed by atoms with Crippen molar-refractivity contribution in [1.29, 1.82) is 0 Å². The number of amides is 1. The fourth-order valence-corrected chi connectivity index (χ4v) is 1.39. The molecule has 0 saturated carbocycles. The Balaban J connectivity index is 2.81. The predicted octanol–water partition coefficient (Wildman–Crippen LogP) is 0.0718. The summed E-state index contributed by atoms with van der Waals surface area (Å²) < 4.78 is 6.48. The summed E-state index contributed by atoms with van der Waals surface area (Å²) in [6.45, 7) is 5.58. The molecule has 0 aromatic carbocycles. The maximum atomic E-state index is 11.9. The van der Waals surface area contributed by atoms with Crippen molar-refractivity contribution in [2.75, 3.05) is 12.3 Å². The number of nitrogen functional groups attached to an aromatic ring is 1. The van der Waals surface area contributed by atoms with E-state index in [9.17, 15) is 9.59 Å². The molecule has 7 nitrogen and oxygen atoms in total. The van der Waals surface area contributed by atoms with Gasteiger partial charge in [-0.15, -0.1) is 0 Å². The van der Waals surface area contributed by atoms with E-state index in [0.717, 1.165) is 0 Å². The molecule has 0 aliphatic heterocycles. The second-order valence-corrected chi connectivity index (χ2v) is 4.07. The first kappa shape index (κ1) is 14.0. The zero-order valence-electron chi connectivity index (χ0n) is 10.8. The van der Waals surface area contributed by atoms with Gasteiger partial charge in [0, 0.05) is 6.54 Å². The SMILES string of the molecule is CCn1nc(C)c(N)c1C(=O)OCC(C)C(N)=O. The Kier molecular flexibility index (Phi) is 4.30. The molecule has 0 spiro atoms. The number of ether oxygens (including phenoxy) is 1. The largest absolute Gasteiger partial charge is 0.460 e. The van der Waals surface area contributed by atoms with Gasteiger partial charge in [0.1, 0.15) is 6.61 Å². The van der Waals surface area contributed by atoms with E-state index in [1.807, 2.05) is 6.92 Å². The molecule has 1 atom stereocenters. The number of hydrogen-bond acceptors (Lipinski definition) is 5. The van der Waals surface area contributed by atoms with E-state index in [0.29, 0.717) is 17.9 Å². The summed E-state index contributed by atoms with van der Waals surface area (Å²) in [5.74, 6) is -1.65. The standard InChI is InChI=1S/C11H18N4O3/c1-4-15-9(8(12)7(3)14-15)11(17)18-5-6(2)10(13)16/h6H,4-5,12H2,1-3H3,(H2,13,16). The molecular weight excluding hydrogens is 236 g/mol. The quantitative estimate of drug-likeness (QED) is 0.722. The number of nitrogens with two attached hydrogens (primary N) is 2. The van der Waals surface area contributed by atoms with Crippen LogP contribution in [0.5, 0.6) is 0 Å². The van der Waals surface area contributed by atoms with E-state index in [-0.39, 0.29) is 12.3 Å². The van der Waals surface area contributed by atoms with Gasteiger partial charge in [0.2, 0.25) is 5.91 Å². The summed E-state index contributed by atoms with van der Waals surface area (Å²) in [6, 6.07) is 0. The molecule has 0 radical (unpaired) electrons. The highest BCUT2D eigenvalue weighted by Gasteiger charge is 2.21. The van der Waals surface area contributed by atoms with E-state index < -0.39 is 17.8 Å².